The van der Waals surface area contributed by atoms with E-state index in [1.54, 1.807) is 6.07 Å². The van der Waals surface area contributed by atoms with E-state index in [0.717, 1.165) is 18.4 Å². The zero-order valence-electron chi connectivity index (χ0n) is 15.4. The molecule has 140 valence electrons. The average Bonchev–Trinajstić information content (AvgIpc) is 3.03. The summed E-state index contributed by atoms with van der Waals surface area (Å²) in [6.45, 7) is 12.6. The van der Waals surface area contributed by atoms with Gasteiger partial charge in [0.15, 0.2) is 5.69 Å². The van der Waals surface area contributed by atoms with Gasteiger partial charge in [-0.15, -0.1) is 0 Å². The molecule has 0 saturated carbocycles. The Kier molecular flexibility index (Phi) is 5.49. The third-order valence-electron chi connectivity index (χ3n) is 5.08. The molecular formula is C20H26N2O4. The van der Waals surface area contributed by atoms with Crippen LogP contribution >= 0.6 is 0 Å². The molecule has 0 aromatic heterocycles. The predicted octanol–water partition coefficient (Wildman–Crippen LogP) is 3.23. The number of ether oxygens (including phenoxy) is 2. The van der Waals surface area contributed by atoms with E-state index in [4.69, 9.17) is 21.2 Å². The maximum atomic E-state index is 12.5. The van der Waals surface area contributed by atoms with E-state index >= 15 is 0 Å². The molecule has 1 saturated heterocycles. The lowest BCUT2D eigenvalue weighted by atomic mass is 9.85. The normalized spacial score (nSPS) is 24.1. The van der Waals surface area contributed by atoms with Gasteiger partial charge in [0, 0.05) is 31.7 Å². The first-order chi connectivity index (χ1) is 12.5. The number of carbonyl (C=O) groups is 1. The second-order valence-electron chi connectivity index (χ2n) is 7.40. The van der Waals surface area contributed by atoms with Crippen molar-refractivity contribution in [2.24, 2.45) is 0 Å². The van der Waals surface area contributed by atoms with E-state index in [-0.39, 0.29) is 24.7 Å². The highest BCUT2D eigenvalue weighted by Crippen LogP contribution is 2.46. The number of carbonyl (C=O) groups excluding carboxylic acids is 1. The van der Waals surface area contributed by atoms with E-state index in [1.807, 2.05) is 30.9 Å². The van der Waals surface area contributed by atoms with Crippen LogP contribution in [0.4, 0.5) is 5.69 Å². The molecule has 2 heterocycles. The number of hydrogen-bond donors (Lipinski definition) is 1. The van der Waals surface area contributed by atoms with Crippen LogP contribution in [0.5, 0.6) is 5.75 Å². The Hall–Kier alpha value is -2.10. The van der Waals surface area contributed by atoms with Crippen molar-refractivity contribution in [3.63, 3.8) is 0 Å². The van der Waals surface area contributed by atoms with Crippen molar-refractivity contribution in [1.29, 1.82) is 0 Å². The number of benzene rings is 1. The summed E-state index contributed by atoms with van der Waals surface area (Å²) in [6, 6.07) is 5.12. The minimum absolute atomic E-state index is 0.121. The van der Waals surface area contributed by atoms with Crippen molar-refractivity contribution in [3.8, 4) is 5.75 Å². The minimum atomic E-state index is -0.612. The van der Waals surface area contributed by atoms with Gasteiger partial charge in [0.2, 0.25) is 5.91 Å². The molecule has 3 rings (SSSR count). The van der Waals surface area contributed by atoms with Crippen LogP contribution in [-0.4, -0.2) is 47.4 Å². The van der Waals surface area contributed by atoms with Gasteiger partial charge in [-0.25, -0.2) is 4.85 Å². The van der Waals surface area contributed by atoms with Crippen molar-refractivity contribution >= 4 is 11.6 Å². The van der Waals surface area contributed by atoms with Crippen molar-refractivity contribution in [2.45, 2.75) is 57.3 Å². The maximum Gasteiger partial charge on any atom is 0.223 e. The van der Waals surface area contributed by atoms with Gasteiger partial charge < -0.3 is 19.5 Å². The molecule has 1 aromatic carbocycles. The summed E-state index contributed by atoms with van der Waals surface area (Å²) in [5.74, 6) is 0.832. The lowest BCUT2D eigenvalue weighted by molar-refractivity contribution is -0.148. The van der Waals surface area contributed by atoms with Crippen LogP contribution in [0, 0.1) is 6.57 Å². The SMILES string of the molecule is [C-]#[N+]c1ccc2c(c1)[C@@H](N1CCCC1=O)[C@H](OCCCCO)C(C)(C)O2. The number of amides is 1. The molecule has 1 amide bonds. The number of fused-ring (bicyclic) bond motifs is 1. The van der Waals surface area contributed by atoms with Crippen LogP contribution in [0.1, 0.15) is 51.1 Å². The van der Waals surface area contributed by atoms with Crippen LogP contribution in [0.3, 0.4) is 0 Å². The summed E-state index contributed by atoms with van der Waals surface area (Å²) in [4.78, 5) is 17.9. The highest BCUT2D eigenvalue weighted by Gasteiger charge is 2.49. The maximum absolute atomic E-state index is 12.5. The number of aliphatic hydroxyl groups is 1. The molecule has 0 bridgehead atoms. The van der Waals surface area contributed by atoms with Crippen LogP contribution in [-0.2, 0) is 9.53 Å². The van der Waals surface area contributed by atoms with Crippen LogP contribution in [0.25, 0.3) is 4.85 Å². The number of likely N-dealkylation sites (tertiary alicyclic amines) is 1. The quantitative estimate of drug-likeness (QED) is 0.626. The molecule has 0 unspecified atom stereocenters. The Labute approximate surface area is 154 Å². The van der Waals surface area contributed by atoms with Gasteiger partial charge in [-0.1, -0.05) is 6.07 Å². The Morgan fingerprint density at radius 3 is 2.88 bits per heavy atom. The Morgan fingerprint density at radius 2 is 2.23 bits per heavy atom. The number of rotatable bonds is 6. The number of aliphatic hydroxyl groups excluding tert-OH is 1. The second kappa shape index (κ2) is 7.65. The van der Waals surface area contributed by atoms with Gasteiger partial charge in [-0.05, 0) is 45.2 Å². The summed E-state index contributed by atoms with van der Waals surface area (Å²) in [5.41, 5.74) is 0.766. The number of unbranched alkanes of at least 4 members (excludes halogenated alkanes) is 1. The Morgan fingerprint density at radius 1 is 1.42 bits per heavy atom. The fraction of sp³-hybridized carbons (Fsp3) is 0.600. The zero-order chi connectivity index (χ0) is 18.7. The highest BCUT2D eigenvalue weighted by molar-refractivity contribution is 5.79. The van der Waals surface area contributed by atoms with Crippen LogP contribution in [0.2, 0.25) is 0 Å². The summed E-state index contributed by atoms with van der Waals surface area (Å²) in [6.07, 6.45) is 2.48. The van der Waals surface area contributed by atoms with Crippen LogP contribution < -0.4 is 4.74 Å². The van der Waals surface area contributed by atoms with Gasteiger partial charge in [0.25, 0.3) is 0 Å². The van der Waals surface area contributed by atoms with Crippen molar-refractivity contribution in [3.05, 3.63) is 35.2 Å². The summed E-state index contributed by atoms with van der Waals surface area (Å²) < 4.78 is 12.4. The molecular weight excluding hydrogens is 332 g/mol. The van der Waals surface area contributed by atoms with E-state index in [2.05, 4.69) is 4.85 Å². The van der Waals surface area contributed by atoms with E-state index in [0.29, 0.717) is 37.4 Å². The van der Waals surface area contributed by atoms with Crippen LogP contribution in [0.15, 0.2) is 18.2 Å². The van der Waals surface area contributed by atoms with Gasteiger partial charge in [-0.3, -0.25) is 4.79 Å². The van der Waals surface area contributed by atoms with Gasteiger partial charge in [0.1, 0.15) is 17.5 Å². The molecule has 2 aliphatic rings. The molecule has 6 heteroatoms. The summed E-state index contributed by atoms with van der Waals surface area (Å²) in [5, 5.41) is 8.99. The predicted molar refractivity (Wildman–Crippen MR) is 97.2 cm³/mol. The molecule has 2 atom stereocenters. The fourth-order valence-electron chi connectivity index (χ4n) is 3.82. The first-order valence-electron chi connectivity index (χ1n) is 9.20. The first-order valence-corrected chi connectivity index (χ1v) is 9.20. The molecule has 6 nitrogen and oxygen atoms in total. The molecule has 2 aliphatic heterocycles. The third-order valence-corrected chi connectivity index (χ3v) is 5.08. The minimum Gasteiger partial charge on any atom is -0.485 e. The average molecular weight is 358 g/mol. The molecule has 0 aliphatic carbocycles. The Balaban J connectivity index is 1.99. The molecule has 1 aromatic rings. The molecule has 1 N–H and O–H groups in total. The number of nitrogens with zero attached hydrogens (tertiary/aromatic N) is 2. The van der Waals surface area contributed by atoms with Gasteiger partial charge in [-0.2, -0.15) is 0 Å². The molecule has 0 radical (unpaired) electrons. The number of hydrogen-bond acceptors (Lipinski definition) is 4. The first kappa shape index (κ1) is 18.7. The van der Waals surface area contributed by atoms with Gasteiger partial charge in [0.05, 0.1) is 12.6 Å². The van der Waals surface area contributed by atoms with E-state index < -0.39 is 5.60 Å². The summed E-state index contributed by atoms with van der Waals surface area (Å²) in [7, 11) is 0. The fourth-order valence-corrected chi connectivity index (χ4v) is 3.82. The lowest BCUT2D eigenvalue weighted by Gasteiger charge is -2.47. The molecule has 26 heavy (non-hydrogen) atoms. The van der Waals surface area contributed by atoms with Crippen molar-refractivity contribution in [1.82, 2.24) is 4.90 Å². The van der Waals surface area contributed by atoms with Crippen molar-refractivity contribution < 1.29 is 19.4 Å². The molecule has 1 fully saturated rings. The largest absolute Gasteiger partial charge is 0.485 e. The second-order valence-corrected chi connectivity index (χ2v) is 7.40. The van der Waals surface area contributed by atoms with E-state index in [1.165, 1.54) is 0 Å². The standard InChI is InChI=1S/C20H26N2O4/c1-20(2)19(25-12-5-4-11-23)18(22-10-6-7-17(22)24)15-13-14(21-3)8-9-16(15)26-20/h8-9,13,18-19,23H,4-7,10-12H2,1-2H3/t18-,19+/m1/s1. The third kappa shape index (κ3) is 3.55. The van der Waals surface area contributed by atoms with Gasteiger partial charge >= 0.3 is 0 Å². The van der Waals surface area contributed by atoms with E-state index in [9.17, 15) is 4.79 Å². The smallest absolute Gasteiger partial charge is 0.223 e. The molecule has 0 spiro atoms. The zero-order valence-corrected chi connectivity index (χ0v) is 15.4. The lowest BCUT2D eigenvalue weighted by Crippen LogP contribution is -2.55. The van der Waals surface area contributed by atoms with Crippen molar-refractivity contribution in [2.75, 3.05) is 19.8 Å². The summed E-state index contributed by atoms with van der Waals surface area (Å²) >= 11 is 0. The topological polar surface area (TPSA) is 63.4 Å². The highest BCUT2D eigenvalue weighted by atomic mass is 16.6. The Bertz CT molecular complexity index is 710. The monoisotopic (exact) mass is 358 g/mol.